The predicted octanol–water partition coefficient (Wildman–Crippen LogP) is 2.37. The van der Waals surface area contributed by atoms with Gasteiger partial charge in [-0.1, -0.05) is 31.2 Å². The van der Waals surface area contributed by atoms with Gasteiger partial charge in [-0.05, 0) is 31.4 Å². The highest BCUT2D eigenvalue weighted by Gasteiger charge is 2.22. The molecule has 0 fully saturated rings. The topological polar surface area (TPSA) is 55.1 Å². The van der Waals surface area contributed by atoms with Crippen LogP contribution in [-0.4, -0.2) is 12.5 Å². The van der Waals surface area contributed by atoms with Gasteiger partial charge in [0, 0.05) is 13.0 Å². The highest BCUT2D eigenvalue weighted by molar-refractivity contribution is 5.85. The van der Waals surface area contributed by atoms with Crippen LogP contribution < -0.4 is 11.1 Å². The Kier molecular flexibility index (Phi) is 6.96. The van der Waals surface area contributed by atoms with Crippen molar-refractivity contribution in [3.8, 4) is 0 Å². The lowest BCUT2D eigenvalue weighted by Crippen LogP contribution is -2.41. The highest BCUT2D eigenvalue weighted by Crippen LogP contribution is 2.20. The molecule has 102 valence electrons. The van der Waals surface area contributed by atoms with Crippen molar-refractivity contribution in [2.75, 3.05) is 6.54 Å². The Morgan fingerprint density at radius 1 is 1.28 bits per heavy atom. The van der Waals surface area contributed by atoms with Gasteiger partial charge < -0.3 is 11.1 Å². The van der Waals surface area contributed by atoms with Gasteiger partial charge in [0.1, 0.15) is 0 Å². The first-order valence-electron chi connectivity index (χ1n) is 6.10. The van der Waals surface area contributed by atoms with E-state index in [0.717, 1.165) is 12.0 Å². The maximum Gasteiger partial charge on any atom is 0.221 e. The molecule has 0 spiro atoms. The lowest BCUT2D eigenvalue weighted by molar-refractivity contribution is -0.122. The molecule has 0 aliphatic rings. The van der Waals surface area contributed by atoms with Crippen LogP contribution in [0, 0.1) is 0 Å². The molecule has 3 nitrogen and oxygen atoms in total. The van der Waals surface area contributed by atoms with Gasteiger partial charge in [-0.15, -0.1) is 12.4 Å². The number of benzene rings is 1. The fourth-order valence-electron chi connectivity index (χ4n) is 1.77. The molecule has 0 unspecified atom stereocenters. The fourth-order valence-corrected chi connectivity index (χ4v) is 1.77. The van der Waals surface area contributed by atoms with Gasteiger partial charge in [-0.3, -0.25) is 4.79 Å². The Labute approximate surface area is 116 Å². The summed E-state index contributed by atoms with van der Waals surface area (Å²) in [6.45, 7) is 6.52. The molecule has 0 atom stereocenters. The third-order valence-corrected chi connectivity index (χ3v) is 2.91. The van der Waals surface area contributed by atoms with Crippen LogP contribution in [0.1, 0.15) is 38.3 Å². The lowest BCUT2D eigenvalue weighted by Gasteiger charge is -2.27. The van der Waals surface area contributed by atoms with Crippen molar-refractivity contribution in [2.24, 2.45) is 5.73 Å². The number of carbonyl (C=O) groups excluding carboxylic acids is 1. The number of rotatable bonds is 5. The molecule has 0 saturated carbocycles. The van der Waals surface area contributed by atoms with Gasteiger partial charge in [0.15, 0.2) is 0 Å². The Bertz CT molecular complexity index is 374. The maximum absolute atomic E-state index is 11.6. The molecule has 4 heteroatoms. The van der Waals surface area contributed by atoms with Crippen LogP contribution in [-0.2, 0) is 16.8 Å². The minimum Gasteiger partial charge on any atom is -0.347 e. The van der Waals surface area contributed by atoms with E-state index in [1.807, 2.05) is 13.8 Å². The molecule has 1 aromatic rings. The molecule has 1 rings (SSSR count). The van der Waals surface area contributed by atoms with Gasteiger partial charge >= 0.3 is 0 Å². The van der Waals surface area contributed by atoms with Crippen LogP contribution in [0.3, 0.4) is 0 Å². The van der Waals surface area contributed by atoms with Crippen LogP contribution in [0.15, 0.2) is 24.3 Å². The first-order chi connectivity index (χ1) is 7.99. The number of nitrogens with two attached hydrogens (primary N) is 1. The third-order valence-electron chi connectivity index (χ3n) is 2.91. The Hall–Kier alpha value is -1.06. The SMILES string of the molecule is CCc1ccc(C(C)(C)NC(=O)CCN)cc1.Cl. The summed E-state index contributed by atoms with van der Waals surface area (Å²) in [6.07, 6.45) is 1.40. The van der Waals surface area contributed by atoms with Crippen LogP contribution in [0.2, 0.25) is 0 Å². The summed E-state index contributed by atoms with van der Waals surface area (Å²) < 4.78 is 0. The number of hydrogen-bond acceptors (Lipinski definition) is 2. The monoisotopic (exact) mass is 270 g/mol. The van der Waals surface area contributed by atoms with Crippen molar-refractivity contribution in [1.29, 1.82) is 0 Å². The number of hydrogen-bond donors (Lipinski definition) is 2. The molecule has 3 N–H and O–H groups in total. The van der Waals surface area contributed by atoms with E-state index in [2.05, 4.69) is 36.5 Å². The van der Waals surface area contributed by atoms with E-state index in [4.69, 9.17) is 5.73 Å². The molecule has 0 aromatic heterocycles. The van der Waals surface area contributed by atoms with Gasteiger partial charge in [0.25, 0.3) is 0 Å². The second-order valence-electron chi connectivity index (χ2n) is 4.76. The molecule has 0 radical (unpaired) electrons. The third kappa shape index (κ3) is 4.67. The standard InChI is InChI=1S/C14H22N2O.ClH/c1-4-11-5-7-12(8-6-11)14(2,3)16-13(17)9-10-15;/h5-8H,4,9-10,15H2,1-3H3,(H,16,17);1H. The molecule has 0 bridgehead atoms. The first kappa shape index (κ1) is 16.9. The largest absolute Gasteiger partial charge is 0.347 e. The number of halogens is 1. The molecular formula is C14H23ClN2O. The van der Waals surface area contributed by atoms with Crippen molar-refractivity contribution in [3.63, 3.8) is 0 Å². The van der Waals surface area contributed by atoms with Crippen LogP contribution >= 0.6 is 12.4 Å². The summed E-state index contributed by atoms with van der Waals surface area (Å²) in [5.74, 6) is -0.00271. The summed E-state index contributed by atoms with van der Waals surface area (Å²) in [5, 5.41) is 2.99. The zero-order valence-corrected chi connectivity index (χ0v) is 12.1. The minimum atomic E-state index is -0.349. The average molecular weight is 271 g/mol. The van der Waals surface area contributed by atoms with E-state index < -0.39 is 0 Å². The molecular weight excluding hydrogens is 248 g/mol. The lowest BCUT2D eigenvalue weighted by atomic mass is 9.93. The van der Waals surface area contributed by atoms with E-state index in [1.165, 1.54) is 5.56 Å². The van der Waals surface area contributed by atoms with Gasteiger partial charge in [-0.25, -0.2) is 0 Å². The number of carbonyl (C=O) groups is 1. The molecule has 0 aliphatic carbocycles. The number of aryl methyl sites for hydroxylation is 1. The molecule has 1 amide bonds. The predicted molar refractivity (Wildman–Crippen MR) is 77.9 cm³/mol. The van der Waals surface area contributed by atoms with Gasteiger partial charge in [-0.2, -0.15) is 0 Å². The second kappa shape index (κ2) is 7.39. The smallest absolute Gasteiger partial charge is 0.221 e. The number of amides is 1. The summed E-state index contributed by atoms with van der Waals surface area (Å²) >= 11 is 0. The molecule has 0 aliphatic heterocycles. The van der Waals surface area contributed by atoms with Gasteiger partial charge in [0.2, 0.25) is 5.91 Å². The fraction of sp³-hybridized carbons (Fsp3) is 0.500. The Morgan fingerprint density at radius 3 is 2.28 bits per heavy atom. The van der Waals surface area contributed by atoms with Gasteiger partial charge in [0.05, 0.1) is 5.54 Å². The first-order valence-corrected chi connectivity index (χ1v) is 6.10. The summed E-state index contributed by atoms with van der Waals surface area (Å²) in [6, 6.07) is 8.35. The molecule has 0 heterocycles. The summed E-state index contributed by atoms with van der Waals surface area (Å²) in [7, 11) is 0. The van der Waals surface area contributed by atoms with E-state index >= 15 is 0 Å². The Balaban J connectivity index is 0.00000289. The maximum atomic E-state index is 11.6. The van der Waals surface area contributed by atoms with Crippen LogP contribution in [0.5, 0.6) is 0 Å². The van der Waals surface area contributed by atoms with Crippen molar-refractivity contribution in [3.05, 3.63) is 35.4 Å². The average Bonchev–Trinajstić information content (AvgIpc) is 2.28. The zero-order chi connectivity index (χ0) is 12.9. The second-order valence-corrected chi connectivity index (χ2v) is 4.76. The van der Waals surface area contributed by atoms with Crippen LogP contribution in [0.25, 0.3) is 0 Å². The quantitative estimate of drug-likeness (QED) is 0.863. The van der Waals surface area contributed by atoms with E-state index in [9.17, 15) is 4.79 Å². The Morgan fingerprint density at radius 2 is 1.83 bits per heavy atom. The van der Waals surface area contributed by atoms with E-state index in [1.54, 1.807) is 0 Å². The summed E-state index contributed by atoms with van der Waals surface area (Å²) in [4.78, 5) is 11.6. The number of nitrogens with one attached hydrogen (secondary N) is 1. The van der Waals surface area contributed by atoms with Crippen molar-refractivity contribution in [1.82, 2.24) is 5.32 Å². The summed E-state index contributed by atoms with van der Waals surface area (Å²) in [5.41, 5.74) is 7.43. The normalized spacial score (nSPS) is 10.7. The molecule has 1 aromatic carbocycles. The molecule has 0 saturated heterocycles. The van der Waals surface area contributed by atoms with E-state index in [0.29, 0.717) is 13.0 Å². The van der Waals surface area contributed by atoms with Crippen LogP contribution in [0.4, 0.5) is 0 Å². The molecule has 18 heavy (non-hydrogen) atoms. The highest BCUT2D eigenvalue weighted by atomic mass is 35.5. The minimum absolute atomic E-state index is 0. The van der Waals surface area contributed by atoms with Crippen molar-refractivity contribution >= 4 is 18.3 Å². The van der Waals surface area contributed by atoms with Crippen molar-refractivity contribution < 1.29 is 4.79 Å². The zero-order valence-electron chi connectivity index (χ0n) is 11.3. The van der Waals surface area contributed by atoms with E-state index in [-0.39, 0.29) is 23.9 Å². The van der Waals surface area contributed by atoms with Crippen molar-refractivity contribution in [2.45, 2.75) is 39.2 Å².